The van der Waals surface area contributed by atoms with Crippen LogP contribution in [0.25, 0.3) is 17.0 Å². The van der Waals surface area contributed by atoms with Crippen molar-refractivity contribution in [1.29, 1.82) is 0 Å². The van der Waals surface area contributed by atoms with E-state index in [0.29, 0.717) is 5.92 Å². The Morgan fingerprint density at radius 2 is 1.75 bits per heavy atom. The molecule has 0 saturated heterocycles. The Morgan fingerprint density at radius 3 is 2.47 bits per heavy atom. The molecule has 4 heteroatoms. The molecule has 162 valence electrons. The van der Waals surface area contributed by atoms with E-state index in [0.717, 1.165) is 35.7 Å². The van der Waals surface area contributed by atoms with Crippen molar-refractivity contribution in [2.75, 3.05) is 0 Å². The predicted molar refractivity (Wildman–Crippen MR) is 130 cm³/mol. The minimum absolute atomic E-state index is 0.181. The van der Waals surface area contributed by atoms with E-state index in [9.17, 15) is 4.79 Å². The quantitative estimate of drug-likeness (QED) is 0.292. The molecular formula is C28H28N2O2. The minimum Gasteiger partial charge on any atom is -0.478 e. The SMILES string of the molecule is CCCCC(c1ccccc1)C(c1ccc(/C=C/C(=O)O)cc1)c1ccc2[nH]ncc2c1. The fourth-order valence-corrected chi connectivity index (χ4v) is 4.44. The average molecular weight is 425 g/mol. The summed E-state index contributed by atoms with van der Waals surface area (Å²) in [5.41, 5.74) is 5.74. The zero-order valence-electron chi connectivity index (χ0n) is 18.2. The first-order valence-corrected chi connectivity index (χ1v) is 11.1. The van der Waals surface area contributed by atoms with Gasteiger partial charge in [0.05, 0.1) is 11.7 Å². The second kappa shape index (κ2) is 10.1. The number of benzene rings is 3. The summed E-state index contributed by atoms with van der Waals surface area (Å²) in [4.78, 5) is 10.9. The Bertz CT molecular complexity index is 1190. The zero-order valence-corrected chi connectivity index (χ0v) is 18.2. The lowest BCUT2D eigenvalue weighted by atomic mass is 9.74. The molecule has 4 rings (SSSR count). The highest BCUT2D eigenvalue weighted by atomic mass is 16.4. The summed E-state index contributed by atoms with van der Waals surface area (Å²) < 4.78 is 0. The average Bonchev–Trinajstić information content (AvgIpc) is 3.29. The van der Waals surface area contributed by atoms with Gasteiger partial charge in [0.1, 0.15) is 0 Å². The number of hydrogen-bond acceptors (Lipinski definition) is 2. The van der Waals surface area contributed by atoms with Gasteiger partial charge in [-0.25, -0.2) is 4.79 Å². The molecule has 4 nitrogen and oxygen atoms in total. The molecule has 0 fully saturated rings. The van der Waals surface area contributed by atoms with Gasteiger partial charge in [0.15, 0.2) is 0 Å². The summed E-state index contributed by atoms with van der Waals surface area (Å²) in [5.74, 6) is -0.425. The summed E-state index contributed by atoms with van der Waals surface area (Å²) in [6.07, 6.45) is 8.07. The molecule has 2 N–H and O–H groups in total. The Hall–Kier alpha value is -3.66. The van der Waals surface area contributed by atoms with Gasteiger partial charge >= 0.3 is 5.97 Å². The number of carboxylic acid groups (broad SMARTS) is 1. The van der Waals surface area contributed by atoms with Crippen LogP contribution >= 0.6 is 0 Å². The third-order valence-electron chi connectivity index (χ3n) is 6.04. The van der Waals surface area contributed by atoms with Crippen LogP contribution in [0, 0.1) is 0 Å². The first-order chi connectivity index (χ1) is 15.7. The van der Waals surface area contributed by atoms with Crippen molar-refractivity contribution in [2.45, 2.75) is 38.0 Å². The minimum atomic E-state index is -0.941. The van der Waals surface area contributed by atoms with E-state index in [1.54, 1.807) is 6.08 Å². The topological polar surface area (TPSA) is 66.0 Å². The second-order valence-electron chi connectivity index (χ2n) is 8.19. The molecule has 4 aromatic rings. The number of rotatable bonds is 9. The molecule has 0 aliphatic carbocycles. The van der Waals surface area contributed by atoms with Crippen molar-refractivity contribution in [2.24, 2.45) is 0 Å². The molecule has 0 aliphatic rings. The number of carboxylic acids is 1. The molecule has 0 radical (unpaired) electrons. The molecular weight excluding hydrogens is 396 g/mol. The summed E-state index contributed by atoms with van der Waals surface area (Å²) in [6, 6.07) is 25.6. The second-order valence-corrected chi connectivity index (χ2v) is 8.19. The van der Waals surface area contributed by atoms with Crippen LogP contribution in [-0.4, -0.2) is 21.3 Å². The van der Waals surface area contributed by atoms with Crippen LogP contribution in [0.15, 0.2) is 85.1 Å². The number of fused-ring (bicyclic) bond motifs is 1. The van der Waals surface area contributed by atoms with Crippen molar-refractivity contribution < 1.29 is 9.90 Å². The number of unbranched alkanes of at least 4 members (excludes halogenated alkanes) is 1. The van der Waals surface area contributed by atoms with E-state index < -0.39 is 5.97 Å². The fraction of sp³-hybridized carbons (Fsp3) is 0.214. The van der Waals surface area contributed by atoms with Crippen molar-refractivity contribution in [1.82, 2.24) is 10.2 Å². The van der Waals surface area contributed by atoms with Crippen molar-refractivity contribution in [3.63, 3.8) is 0 Å². The molecule has 2 atom stereocenters. The van der Waals surface area contributed by atoms with E-state index in [-0.39, 0.29) is 5.92 Å². The molecule has 2 unspecified atom stereocenters. The van der Waals surface area contributed by atoms with Gasteiger partial charge < -0.3 is 5.11 Å². The highest BCUT2D eigenvalue weighted by Crippen LogP contribution is 2.42. The maximum Gasteiger partial charge on any atom is 0.328 e. The molecule has 32 heavy (non-hydrogen) atoms. The van der Waals surface area contributed by atoms with Crippen LogP contribution in [0.2, 0.25) is 0 Å². The van der Waals surface area contributed by atoms with E-state index in [1.165, 1.54) is 22.8 Å². The van der Waals surface area contributed by atoms with Crippen molar-refractivity contribution in [3.8, 4) is 0 Å². The summed E-state index contributed by atoms with van der Waals surface area (Å²) in [5, 5.41) is 17.3. The predicted octanol–water partition coefficient (Wildman–Crippen LogP) is 6.77. The maximum absolute atomic E-state index is 10.9. The zero-order chi connectivity index (χ0) is 22.3. The highest BCUT2D eigenvalue weighted by molar-refractivity contribution is 5.85. The van der Waals surface area contributed by atoms with Crippen molar-refractivity contribution >= 4 is 22.9 Å². The lowest BCUT2D eigenvalue weighted by Crippen LogP contribution is -2.13. The van der Waals surface area contributed by atoms with Crippen LogP contribution in [0.3, 0.4) is 0 Å². The van der Waals surface area contributed by atoms with Gasteiger partial charge in [-0.1, -0.05) is 80.4 Å². The number of aromatic nitrogens is 2. The molecule has 3 aromatic carbocycles. The van der Waals surface area contributed by atoms with Crippen LogP contribution < -0.4 is 0 Å². The van der Waals surface area contributed by atoms with Gasteiger partial charge in [0, 0.05) is 17.4 Å². The Labute approximate surface area is 188 Å². The molecule has 1 aromatic heterocycles. The standard InChI is InChI=1S/C28H28N2O2/c1-2-3-9-25(21-7-5-4-6-8-21)28(23-15-16-26-24(18-23)19-29-30-26)22-13-10-20(11-14-22)12-17-27(31)32/h4-8,10-19,25,28H,2-3,9H2,1H3,(H,29,30)(H,31,32)/b17-12+. The lowest BCUT2D eigenvalue weighted by molar-refractivity contribution is -0.131. The number of hydrogen-bond donors (Lipinski definition) is 2. The van der Waals surface area contributed by atoms with Crippen LogP contribution in [0.5, 0.6) is 0 Å². The van der Waals surface area contributed by atoms with Gasteiger partial charge in [0.25, 0.3) is 0 Å². The Morgan fingerprint density at radius 1 is 1.00 bits per heavy atom. The largest absolute Gasteiger partial charge is 0.478 e. The lowest BCUT2D eigenvalue weighted by Gasteiger charge is -2.29. The summed E-state index contributed by atoms with van der Waals surface area (Å²) in [6.45, 7) is 2.23. The van der Waals surface area contributed by atoms with E-state index in [2.05, 4.69) is 77.8 Å². The molecule has 1 heterocycles. The van der Waals surface area contributed by atoms with Gasteiger partial charge in [-0.2, -0.15) is 5.10 Å². The number of nitrogens with zero attached hydrogens (tertiary/aromatic N) is 1. The van der Waals surface area contributed by atoms with Crippen molar-refractivity contribution in [3.05, 3.63) is 107 Å². The van der Waals surface area contributed by atoms with E-state index in [4.69, 9.17) is 5.11 Å². The molecule has 0 spiro atoms. The Balaban J connectivity index is 1.80. The number of nitrogens with one attached hydrogen (secondary N) is 1. The number of carbonyl (C=O) groups is 1. The monoisotopic (exact) mass is 424 g/mol. The van der Waals surface area contributed by atoms with Gasteiger partial charge in [-0.05, 0) is 52.8 Å². The normalized spacial score (nSPS) is 13.4. The number of H-pyrrole nitrogens is 1. The van der Waals surface area contributed by atoms with Gasteiger partial charge in [-0.15, -0.1) is 0 Å². The fourth-order valence-electron chi connectivity index (χ4n) is 4.44. The summed E-state index contributed by atoms with van der Waals surface area (Å²) >= 11 is 0. The summed E-state index contributed by atoms with van der Waals surface area (Å²) in [7, 11) is 0. The van der Waals surface area contributed by atoms with Crippen LogP contribution in [0.4, 0.5) is 0 Å². The van der Waals surface area contributed by atoms with Crippen LogP contribution in [-0.2, 0) is 4.79 Å². The number of aromatic amines is 1. The van der Waals surface area contributed by atoms with E-state index >= 15 is 0 Å². The first kappa shape index (κ1) is 21.6. The maximum atomic E-state index is 10.9. The third kappa shape index (κ3) is 4.97. The van der Waals surface area contributed by atoms with Crippen LogP contribution in [0.1, 0.15) is 60.3 Å². The molecule has 0 bridgehead atoms. The Kier molecular flexibility index (Phi) is 6.81. The smallest absolute Gasteiger partial charge is 0.328 e. The third-order valence-corrected chi connectivity index (χ3v) is 6.04. The number of aliphatic carboxylic acids is 1. The van der Waals surface area contributed by atoms with E-state index in [1.807, 2.05) is 18.3 Å². The first-order valence-electron chi connectivity index (χ1n) is 11.1. The van der Waals surface area contributed by atoms with Gasteiger partial charge in [-0.3, -0.25) is 5.10 Å². The highest BCUT2D eigenvalue weighted by Gasteiger charge is 2.26. The molecule has 0 amide bonds. The van der Waals surface area contributed by atoms with Gasteiger partial charge in [0.2, 0.25) is 0 Å². The molecule has 0 saturated carbocycles. The molecule has 0 aliphatic heterocycles.